The number of rotatable bonds is 26. The van der Waals surface area contributed by atoms with Gasteiger partial charge in [-0.2, -0.15) is 0 Å². The summed E-state index contributed by atoms with van der Waals surface area (Å²) in [6, 6.07) is 28.2. The van der Waals surface area contributed by atoms with Crippen LogP contribution < -0.4 is 56.6 Å². The maximum absolute atomic E-state index is 14.2. The van der Waals surface area contributed by atoms with Crippen LogP contribution in [-0.2, 0) is 47.8 Å². The summed E-state index contributed by atoms with van der Waals surface area (Å²) in [6.45, 7) is -2.84. The highest BCUT2D eigenvalue weighted by Gasteiger charge is 2.48. The van der Waals surface area contributed by atoms with Gasteiger partial charge in [-0.15, -0.1) is 0 Å². The lowest BCUT2D eigenvalue weighted by atomic mass is 9.99. The van der Waals surface area contributed by atoms with Gasteiger partial charge in [-0.25, -0.2) is 14.8 Å². The SMILES string of the molecule is N=C(N)NCCCC1NC(=O)C(NC(=O)CCCOc2ccc(-c3c4nc(c(-c5ccc(O[C@@H]6O[C@H](CO)[C@@H](O)[C@H](O)[C@H]6O)cc5)c5ccc([nH]5)c(-c5ccc(O[C@@H]6O[C@H](CO)[C@@H](O)[C@H](O)[C@H]6O)cc5)c5nc(c(-c6ccc(O[C@@H]7O[C@H](CO)[C@@H](O)[C@H](O)[C@H]7O)cc6)c6ccc3[nH]6)C=C5)C=C4)cc2)C/C=C/CC(C(=O)O)NC(=O)[C@H](CC(=O)O)NC(=O)CNC1=O. The van der Waals surface area contributed by atoms with Crippen LogP contribution >= 0.6 is 0 Å². The highest BCUT2D eigenvalue weighted by molar-refractivity contribution is 6.01. The number of aliphatic hydroxyl groups excluding tert-OH is 12. The smallest absolute Gasteiger partial charge is 0.326 e. The minimum Gasteiger partial charge on any atom is -0.494 e. The van der Waals surface area contributed by atoms with E-state index in [1.54, 1.807) is 97.1 Å². The Morgan fingerprint density at radius 3 is 1.25 bits per heavy atom. The van der Waals surface area contributed by atoms with Crippen LogP contribution in [0, 0.1) is 5.41 Å². The average Bonchev–Trinajstić information content (AvgIpc) is 1.62. The maximum Gasteiger partial charge on any atom is 0.326 e. The molecule has 668 valence electrons. The van der Waals surface area contributed by atoms with Crippen LogP contribution in [0.3, 0.4) is 0 Å². The molecule has 3 fully saturated rings. The van der Waals surface area contributed by atoms with Gasteiger partial charge in [-0.3, -0.25) is 34.2 Å². The third kappa shape index (κ3) is 21.5. The molecule has 3 saturated heterocycles. The summed E-state index contributed by atoms with van der Waals surface area (Å²) in [6.07, 6.45) is -15.2. The first-order valence-corrected chi connectivity index (χ1v) is 40.3. The minimum atomic E-state index is -1.75. The number of benzene rings is 4. The van der Waals surface area contributed by atoms with Crippen LogP contribution in [-0.4, -0.2) is 295 Å². The monoisotopic (exact) mass is 1740 g/mol. The van der Waals surface area contributed by atoms with Crippen LogP contribution in [0.1, 0.15) is 67.7 Å². The molecule has 25 N–H and O–H groups in total. The number of carboxylic acids is 2. The Morgan fingerprint density at radius 1 is 0.476 bits per heavy atom. The third-order valence-corrected chi connectivity index (χ3v) is 21.7. The number of fused-ring (bicyclic) bond motifs is 8. The number of nitrogens with two attached hydrogens (primary N) is 1. The van der Waals surface area contributed by atoms with E-state index in [0.717, 1.165) is 0 Å². The Balaban J connectivity index is 0.849. The largest absolute Gasteiger partial charge is 0.494 e. The van der Waals surface area contributed by atoms with Gasteiger partial charge < -0.3 is 152 Å². The van der Waals surface area contributed by atoms with Crippen LogP contribution in [0.25, 0.3) is 90.9 Å². The lowest BCUT2D eigenvalue weighted by molar-refractivity contribution is -0.277. The van der Waals surface area contributed by atoms with Gasteiger partial charge in [0.15, 0.2) is 5.96 Å². The molecule has 7 aromatic rings. The van der Waals surface area contributed by atoms with Crippen LogP contribution in [0.15, 0.2) is 133 Å². The number of carbonyl (C=O) groups is 7. The first-order chi connectivity index (χ1) is 60.5. The first-order valence-electron chi connectivity index (χ1n) is 40.3. The first kappa shape index (κ1) is 91.1. The number of carbonyl (C=O) groups excluding carboxylic acids is 5. The van der Waals surface area contributed by atoms with Crippen molar-refractivity contribution in [3.8, 4) is 67.5 Å². The molecule has 0 radical (unpaired) electrons. The van der Waals surface area contributed by atoms with Crippen molar-refractivity contribution in [2.75, 3.05) is 39.5 Å². The molecule has 40 nitrogen and oxygen atoms in total. The molecule has 5 amide bonds. The van der Waals surface area contributed by atoms with Gasteiger partial charge in [-0.1, -0.05) is 60.7 Å². The van der Waals surface area contributed by atoms with Crippen molar-refractivity contribution in [1.29, 1.82) is 5.41 Å². The summed E-state index contributed by atoms with van der Waals surface area (Å²) in [5, 5.41) is 168. The molecule has 4 aromatic carbocycles. The molecule has 0 saturated carbocycles. The molecule has 6 aliphatic rings. The highest BCUT2D eigenvalue weighted by Crippen LogP contribution is 2.41. The lowest BCUT2D eigenvalue weighted by Crippen LogP contribution is -2.60. The van der Waals surface area contributed by atoms with Gasteiger partial charge in [0, 0.05) is 57.3 Å². The van der Waals surface area contributed by atoms with Crippen molar-refractivity contribution in [1.82, 2.24) is 51.8 Å². The van der Waals surface area contributed by atoms with Gasteiger partial charge in [0.2, 0.25) is 48.4 Å². The number of aromatic nitrogens is 4. The maximum atomic E-state index is 14.2. The predicted molar refractivity (Wildman–Crippen MR) is 447 cm³/mol. The number of ether oxygens (including phenoxy) is 7. The lowest BCUT2D eigenvalue weighted by Gasteiger charge is -2.39. The molecular weight excluding hydrogens is 1650 g/mol. The van der Waals surface area contributed by atoms with Crippen LogP contribution in [0.2, 0.25) is 0 Å². The Kier molecular flexibility index (Phi) is 29.6. The fourth-order valence-electron chi connectivity index (χ4n) is 15.0. The average molecular weight is 1750 g/mol. The predicted octanol–water partition coefficient (Wildman–Crippen LogP) is -0.753. The summed E-state index contributed by atoms with van der Waals surface area (Å²) in [7, 11) is 0. The summed E-state index contributed by atoms with van der Waals surface area (Å²) in [4.78, 5) is 110. The number of nitrogens with zero attached hydrogens (tertiary/aromatic N) is 2. The fraction of sp³-hybridized carbons (Fsp3) is 0.372. The number of nitrogens with one attached hydrogen (secondary N) is 9. The van der Waals surface area contributed by atoms with E-state index in [4.69, 9.17) is 54.3 Å². The number of aliphatic carboxylic acids is 2. The summed E-state index contributed by atoms with van der Waals surface area (Å²) < 4.78 is 41.3. The summed E-state index contributed by atoms with van der Waals surface area (Å²) >= 11 is 0. The zero-order valence-corrected chi connectivity index (χ0v) is 67.1. The Hall–Kier alpha value is -12.6. The molecule has 0 spiro atoms. The van der Waals surface area contributed by atoms with Crippen LogP contribution in [0.4, 0.5) is 0 Å². The number of H-pyrrole nitrogens is 2. The normalized spacial score (nSPS) is 26.8. The number of guanidine groups is 1. The second-order valence-electron chi connectivity index (χ2n) is 30.4. The Bertz CT molecular complexity index is 5300. The van der Waals surface area contributed by atoms with E-state index in [2.05, 4.69) is 41.9 Å². The molecule has 0 aliphatic carbocycles. The molecule has 40 heteroatoms. The summed E-state index contributed by atoms with van der Waals surface area (Å²) in [5.74, 6) is -7.09. The Morgan fingerprint density at radius 2 is 0.873 bits per heavy atom. The topological polar surface area (TPSA) is 647 Å². The molecule has 9 heterocycles. The van der Waals surface area contributed by atoms with E-state index in [0.29, 0.717) is 95.1 Å². The number of carboxylic acid groups (broad SMARTS) is 2. The molecule has 126 heavy (non-hydrogen) atoms. The van der Waals surface area contributed by atoms with E-state index in [1.165, 1.54) is 12.2 Å². The molecule has 8 bridgehead atoms. The number of hydrogen-bond donors (Lipinski definition) is 24. The molecule has 3 unspecified atom stereocenters. The van der Waals surface area contributed by atoms with E-state index in [9.17, 15) is 105 Å². The van der Waals surface area contributed by atoms with Gasteiger partial charge in [-0.05, 0) is 151 Å². The van der Waals surface area contributed by atoms with Gasteiger partial charge in [0.1, 0.15) is 120 Å². The molecule has 13 rings (SSSR count). The minimum absolute atomic E-state index is 0.0422. The van der Waals surface area contributed by atoms with Crippen molar-refractivity contribution in [2.24, 2.45) is 5.73 Å². The van der Waals surface area contributed by atoms with E-state index >= 15 is 0 Å². The standard InChI is InChI=1S/C86H96N12O28/c87-86(88)89-33-3-7-56-79(115)90-36-64(103)96-59(35-65(104)105)81(117)98-58(82(118)119)6-2-1-5-57(80(116)97-56)95-63(102)8-4-34-120-44-17-9-40(10-18-44)66-48-25-27-50(91-48)67(41-11-19-45(20-12-41)121-83-76(112)73(109)70(106)60(37-99)124-83)52-29-31-54(93-52)69(43-15-23-47(24-16-43)123-85-78(114)75(111)72(108)62(39-101)126-85)55-32-30-53(94-55)68(51-28-26-49(66)92-51)42-13-21-46(22-14-42)122-84-77(113)74(110)71(107)61(38-100)125-84/h1-2,9-32,56-62,70-78,83-85,91,94,99-101,106-114H,3-8,33-39H2,(H,90,115)(H,95,102)(H,96,103)(H,97,116)(H,98,117)(H,104,105)(H,118,119)(H4,87,88,89)/b2-1+,66-48?,66-49?,67-50?,67-52?,68-51?,68-53?,69-54?,69-55?/t56?,57?,58?,59-,60+,61+,62+,70+,71+,72+,73-,74-,75-,76+,77+,78+,83+,84+,85+/m0/s1. The highest BCUT2D eigenvalue weighted by atomic mass is 16.7. The molecule has 6 aliphatic heterocycles. The zero-order valence-electron chi connectivity index (χ0n) is 67.1. The van der Waals surface area contributed by atoms with E-state index < -0.39 is 191 Å². The number of hydrogen-bond acceptors (Lipinski definition) is 29. The van der Waals surface area contributed by atoms with Crippen molar-refractivity contribution in [3.63, 3.8) is 0 Å². The van der Waals surface area contributed by atoms with E-state index in [-0.39, 0.29) is 74.9 Å². The van der Waals surface area contributed by atoms with Crippen molar-refractivity contribution < 1.29 is 138 Å². The second-order valence-corrected chi connectivity index (χ2v) is 30.4. The van der Waals surface area contributed by atoms with Gasteiger partial charge in [0.05, 0.1) is 62.2 Å². The summed E-state index contributed by atoms with van der Waals surface area (Å²) in [5.41, 5.74) is 13.8. The Labute approximate surface area is 716 Å². The number of aliphatic hydroxyl groups is 12. The molecule has 3 aromatic heterocycles. The molecular formula is C86H96N12O28. The van der Waals surface area contributed by atoms with E-state index in [1.807, 2.05) is 48.6 Å². The van der Waals surface area contributed by atoms with Crippen molar-refractivity contribution in [2.45, 2.75) is 161 Å². The second kappa shape index (κ2) is 41.0. The fourth-order valence-corrected chi connectivity index (χ4v) is 15.0. The van der Waals surface area contributed by atoms with Crippen LogP contribution in [0.5, 0.6) is 23.0 Å². The van der Waals surface area contributed by atoms with Crippen molar-refractivity contribution >= 4 is 93.8 Å². The number of aromatic amines is 2. The van der Waals surface area contributed by atoms with Crippen molar-refractivity contribution in [3.05, 3.63) is 156 Å². The quantitative estimate of drug-likeness (QED) is 0.0137. The van der Waals surface area contributed by atoms with Gasteiger partial charge in [0.25, 0.3) is 0 Å². The van der Waals surface area contributed by atoms with Gasteiger partial charge >= 0.3 is 11.9 Å². The number of amides is 5. The molecule has 19 atom stereocenters. The third-order valence-electron chi connectivity index (χ3n) is 21.7. The zero-order chi connectivity index (χ0) is 89.7.